The fourth-order valence-corrected chi connectivity index (χ4v) is 8.20. The van der Waals surface area contributed by atoms with Crippen molar-refractivity contribution in [2.24, 2.45) is 4.99 Å². The molecule has 0 aliphatic carbocycles. The fourth-order valence-electron chi connectivity index (χ4n) is 8.20. The summed E-state index contributed by atoms with van der Waals surface area (Å²) in [5.41, 5.74) is 7.19. The van der Waals surface area contributed by atoms with Crippen molar-refractivity contribution in [3.63, 3.8) is 0 Å². The minimum absolute atomic E-state index is 0. The molecule has 7 aromatic carbocycles. The SMILES string of the molecule is [Zn+2].c1ccc(-n2c3cccnc3c3c4c(ccc32)c2ccccc2c2c3ccccc3[n-]c24)cc1.c1ccc2c(N=c3[n-]ccc4ccccc34)nccc2c1. The van der Waals surface area contributed by atoms with E-state index < -0.39 is 0 Å². The van der Waals surface area contributed by atoms with Gasteiger partial charge in [-0.3, -0.25) is 9.97 Å². The van der Waals surface area contributed by atoms with Crippen LogP contribution in [0.4, 0.5) is 5.82 Å². The summed E-state index contributed by atoms with van der Waals surface area (Å²) in [6, 6.07) is 56.6. The van der Waals surface area contributed by atoms with Crippen molar-refractivity contribution in [2.45, 2.75) is 0 Å². The van der Waals surface area contributed by atoms with Gasteiger partial charge in [0.1, 0.15) is 0 Å². The van der Waals surface area contributed by atoms with Crippen molar-refractivity contribution >= 4 is 92.6 Å². The first-order valence-corrected chi connectivity index (χ1v) is 18.3. The molecule has 0 unspecified atom stereocenters. The summed E-state index contributed by atoms with van der Waals surface area (Å²) < 4.78 is 2.32. The monoisotopic (exact) mass is 766 g/mol. The van der Waals surface area contributed by atoms with Gasteiger partial charge >= 0.3 is 19.5 Å². The minimum atomic E-state index is 0. The molecule has 0 bridgehead atoms. The zero-order chi connectivity index (χ0) is 36.3. The topological polar surface area (TPSA) is 71.3 Å². The number of rotatable bonds is 2. The van der Waals surface area contributed by atoms with Gasteiger partial charge in [-0.2, -0.15) is 0 Å². The molecule has 0 spiro atoms. The molecule has 5 heterocycles. The first-order valence-electron chi connectivity index (χ1n) is 18.3. The van der Waals surface area contributed by atoms with E-state index in [0.717, 1.165) is 60.2 Å². The molecule has 7 heteroatoms. The summed E-state index contributed by atoms with van der Waals surface area (Å²) in [5.74, 6) is 0.706. The van der Waals surface area contributed by atoms with Crippen molar-refractivity contribution < 1.29 is 19.5 Å². The van der Waals surface area contributed by atoms with E-state index in [9.17, 15) is 0 Å². The Labute approximate surface area is 333 Å². The number of para-hydroxylation sites is 2. The van der Waals surface area contributed by atoms with E-state index in [4.69, 9.17) is 9.97 Å². The van der Waals surface area contributed by atoms with E-state index >= 15 is 0 Å². The average molecular weight is 768 g/mol. The molecule has 0 saturated heterocycles. The van der Waals surface area contributed by atoms with Crippen molar-refractivity contribution in [3.05, 3.63) is 188 Å². The van der Waals surface area contributed by atoms with Crippen LogP contribution in [0.3, 0.4) is 0 Å². The first-order chi connectivity index (χ1) is 27.3. The summed E-state index contributed by atoms with van der Waals surface area (Å²) in [4.78, 5) is 23.6. The third-order valence-electron chi connectivity index (χ3n) is 10.6. The Balaban J connectivity index is 0.000000151. The maximum atomic E-state index is 5.20. The van der Waals surface area contributed by atoms with Gasteiger partial charge in [0.25, 0.3) is 0 Å². The van der Waals surface area contributed by atoms with E-state index in [1.165, 1.54) is 32.3 Å². The third kappa shape index (κ3) is 5.31. The van der Waals surface area contributed by atoms with Crippen molar-refractivity contribution in [1.29, 1.82) is 0 Å². The first kappa shape index (κ1) is 33.6. The van der Waals surface area contributed by atoms with Crippen LogP contribution < -0.4 is 15.5 Å². The van der Waals surface area contributed by atoms with Gasteiger partial charge in [0, 0.05) is 28.9 Å². The average Bonchev–Trinajstić information content (AvgIpc) is 3.81. The molecule has 6 nitrogen and oxygen atoms in total. The molecule has 0 radical (unpaired) electrons. The van der Waals surface area contributed by atoms with Gasteiger partial charge in [0.2, 0.25) is 0 Å². The Morgan fingerprint density at radius 1 is 0.464 bits per heavy atom. The second-order valence-corrected chi connectivity index (χ2v) is 13.6. The van der Waals surface area contributed by atoms with E-state index in [1.807, 2.05) is 60.8 Å². The number of fused-ring (bicyclic) bond motifs is 14. The molecule has 0 amide bonds. The molecule has 0 aliphatic rings. The summed E-state index contributed by atoms with van der Waals surface area (Å²) in [6.07, 6.45) is 5.46. The Bertz CT molecular complexity index is 3500. The van der Waals surface area contributed by atoms with E-state index in [1.54, 1.807) is 12.4 Å². The Kier molecular flexibility index (Phi) is 8.24. The molecule has 56 heavy (non-hydrogen) atoms. The summed E-state index contributed by atoms with van der Waals surface area (Å²) in [6.45, 7) is 0. The number of nitrogens with zero attached hydrogens (tertiary/aromatic N) is 6. The van der Waals surface area contributed by atoms with Gasteiger partial charge in [-0.1, -0.05) is 134 Å². The standard InChI is InChI=1S/C31H18N3.C18H12N3.Zn/c1-2-9-19(10-3-1)34-25-17-16-22-20-11-4-5-12-21(20)27-23-13-6-7-14-24(23)33-31(27)28(22)29(25)30-26(34)15-8-18-32-30;1-3-7-15-13(5-1)9-11-19-17(15)21-18-16-8-4-2-6-14(16)10-12-20-18;/h1-18H;1-12H;/q2*-1;+2. The molecule has 0 saturated carbocycles. The number of benzene rings is 7. The van der Waals surface area contributed by atoms with Gasteiger partial charge in [-0.15, -0.1) is 11.0 Å². The molecule has 258 valence electrons. The normalized spacial score (nSPS) is 11.9. The second kappa shape index (κ2) is 13.7. The quantitative estimate of drug-likeness (QED) is 0.130. The van der Waals surface area contributed by atoms with E-state index in [2.05, 4.69) is 129 Å². The van der Waals surface area contributed by atoms with Gasteiger partial charge in [0.05, 0.1) is 22.4 Å². The van der Waals surface area contributed by atoms with Gasteiger partial charge in [-0.05, 0) is 90.4 Å². The van der Waals surface area contributed by atoms with E-state index in [-0.39, 0.29) is 19.5 Å². The van der Waals surface area contributed by atoms with Crippen LogP contribution in [0.25, 0.3) is 92.5 Å². The van der Waals surface area contributed by atoms with Crippen LogP contribution in [0.2, 0.25) is 0 Å². The van der Waals surface area contributed by atoms with Gasteiger partial charge in [0.15, 0.2) is 0 Å². The Hall–Kier alpha value is -6.95. The van der Waals surface area contributed by atoms with Gasteiger partial charge in [-0.25, -0.2) is 0 Å². The fraction of sp³-hybridized carbons (Fsp3) is 0. The smallest absolute Gasteiger partial charge is 0.656 e. The number of hydrogen-bond donors (Lipinski definition) is 0. The summed E-state index contributed by atoms with van der Waals surface area (Å²) in [7, 11) is 0. The molecular formula is C49H30N6Zn. The Morgan fingerprint density at radius 3 is 1.98 bits per heavy atom. The molecule has 0 aliphatic heterocycles. The summed E-state index contributed by atoms with van der Waals surface area (Å²) in [5, 5.41) is 12.8. The van der Waals surface area contributed by atoms with Crippen LogP contribution in [-0.2, 0) is 19.5 Å². The third-order valence-corrected chi connectivity index (χ3v) is 10.6. The zero-order valence-electron chi connectivity index (χ0n) is 30.2. The van der Waals surface area contributed by atoms with Gasteiger partial charge < -0.3 is 19.5 Å². The molecule has 12 aromatic rings. The van der Waals surface area contributed by atoms with Crippen LogP contribution in [0.1, 0.15) is 0 Å². The van der Waals surface area contributed by atoms with Crippen molar-refractivity contribution in [3.8, 4) is 5.69 Å². The predicted molar refractivity (Wildman–Crippen MR) is 226 cm³/mol. The second-order valence-electron chi connectivity index (χ2n) is 13.6. The maximum Gasteiger partial charge on any atom is 2.00 e. The largest absolute Gasteiger partial charge is 2.00 e. The van der Waals surface area contributed by atoms with Crippen molar-refractivity contribution in [1.82, 2.24) is 24.5 Å². The molecular weight excluding hydrogens is 738 g/mol. The Morgan fingerprint density at radius 2 is 1.14 bits per heavy atom. The van der Waals surface area contributed by atoms with Crippen LogP contribution in [0, 0.1) is 0 Å². The van der Waals surface area contributed by atoms with Crippen molar-refractivity contribution in [2.75, 3.05) is 0 Å². The molecule has 0 N–H and O–H groups in total. The maximum absolute atomic E-state index is 5.20. The number of hydrogen-bond acceptors (Lipinski definition) is 3. The molecule has 0 atom stereocenters. The molecule has 5 aromatic heterocycles. The molecule has 12 rings (SSSR count). The minimum Gasteiger partial charge on any atom is -0.656 e. The number of pyridine rings is 3. The predicted octanol–water partition coefficient (Wildman–Crippen LogP) is 11.3. The molecule has 0 fully saturated rings. The van der Waals surface area contributed by atoms with Crippen LogP contribution in [-0.4, -0.2) is 14.5 Å². The van der Waals surface area contributed by atoms with Crippen LogP contribution in [0.5, 0.6) is 0 Å². The number of aromatic nitrogens is 5. The summed E-state index contributed by atoms with van der Waals surface area (Å²) >= 11 is 0. The van der Waals surface area contributed by atoms with Crippen LogP contribution in [0.15, 0.2) is 187 Å². The van der Waals surface area contributed by atoms with E-state index in [0.29, 0.717) is 11.3 Å². The zero-order valence-corrected chi connectivity index (χ0v) is 33.2. The van der Waals surface area contributed by atoms with Crippen LogP contribution >= 0.6 is 0 Å².